The number of benzene rings is 2. The molecule has 1 N–H and O–H groups in total. The zero-order chi connectivity index (χ0) is 34.5. The Bertz CT molecular complexity index is 1710. The lowest BCUT2D eigenvalue weighted by Gasteiger charge is -2.35. The van der Waals surface area contributed by atoms with E-state index in [0.717, 1.165) is 40.7 Å². The fourth-order valence-corrected chi connectivity index (χ4v) is 6.41. The van der Waals surface area contributed by atoms with Crippen LogP contribution < -0.4 is 0 Å². The number of carboxylic acids is 1. The van der Waals surface area contributed by atoms with Crippen molar-refractivity contribution in [1.82, 2.24) is 9.88 Å². The van der Waals surface area contributed by atoms with Gasteiger partial charge in [-0.2, -0.15) is 26.3 Å². The summed E-state index contributed by atoms with van der Waals surface area (Å²) in [6.07, 6.45) is -7.72. The largest absolute Gasteiger partial charge is 0.478 e. The third kappa shape index (κ3) is 7.47. The molecule has 1 saturated heterocycles. The molecule has 3 aromatic rings. The van der Waals surface area contributed by atoms with Gasteiger partial charge in [-0.25, -0.2) is 9.59 Å². The number of carbonyl (C=O) groups excluding carboxylic acids is 1. The van der Waals surface area contributed by atoms with Crippen molar-refractivity contribution < 1.29 is 45.8 Å². The maximum atomic E-state index is 13.5. The molecule has 250 valence electrons. The van der Waals surface area contributed by atoms with Gasteiger partial charge in [0.25, 0.3) is 0 Å². The number of hydrogen-bond donors (Lipinski definition) is 1. The Kier molecular flexibility index (Phi) is 8.93. The van der Waals surface area contributed by atoms with Crippen LogP contribution in [0.2, 0.25) is 0 Å². The van der Waals surface area contributed by atoms with Crippen LogP contribution in [0.3, 0.4) is 0 Å². The monoisotopic (exact) mass is 660 g/mol. The summed E-state index contributed by atoms with van der Waals surface area (Å²) in [5.74, 6) is -1.02. The number of carbonyl (C=O) groups is 2. The molecule has 0 saturated carbocycles. The fraction of sp³-hybridized carbons (Fsp3) is 0.400. The standard InChI is InChI=1S/C35H34F6N2O4/c1-19-11-23(31(44)45)5-6-28(19)29-13-21(8-10-42-29)12-22-7-9-33(3,4)17-25(22)18-43-20(2)30(47-32(43)46)24-14-26(34(36,37)38)16-27(15-24)35(39,40)41/h5-6,8,10-11,13-16,20,30H,7,9,12,17-18H2,1-4H3,(H,44,45)/t20-,30-/m0/s1. The van der Waals surface area contributed by atoms with E-state index >= 15 is 0 Å². The Hall–Kier alpha value is -4.35. The predicted molar refractivity (Wildman–Crippen MR) is 162 cm³/mol. The number of amides is 1. The fourth-order valence-electron chi connectivity index (χ4n) is 6.41. The smallest absolute Gasteiger partial charge is 0.416 e. The van der Waals surface area contributed by atoms with Crippen LogP contribution in [0.4, 0.5) is 31.1 Å². The van der Waals surface area contributed by atoms with Gasteiger partial charge < -0.3 is 9.84 Å². The maximum absolute atomic E-state index is 13.5. The van der Waals surface area contributed by atoms with Crippen molar-refractivity contribution in [2.24, 2.45) is 5.41 Å². The molecule has 2 heterocycles. The summed E-state index contributed by atoms with van der Waals surface area (Å²) < 4.78 is 86.7. The molecule has 1 fully saturated rings. The molecule has 2 aliphatic rings. The van der Waals surface area contributed by atoms with Gasteiger partial charge in [-0.1, -0.05) is 31.1 Å². The Morgan fingerprint density at radius 3 is 2.26 bits per heavy atom. The molecule has 2 aromatic carbocycles. The second kappa shape index (κ2) is 12.4. The second-order valence-corrected chi connectivity index (χ2v) is 13.1. The highest BCUT2D eigenvalue weighted by molar-refractivity contribution is 5.88. The van der Waals surface area contributed by atoms with E-state index in [1.165, 1.54) is 11.0 Å². The Morgan fingerprint density at radius 1 is 1.00 bits per heavy atom. The predicted octanol–water partition coefficient (Wildman–Crippen LogP) is 9.42. The molecule has 0 radical (unpaired) electrons. The first-order chi connectivity index (χ1) is 21.8. The first-order valence-corrected chi connectivity index (χ1v) is 15.1. The number of aryl methyl sites for hydroxylation is 1. The van der Waals surface area contributed by atoms with Crippen LogP contribution in [0.5, 0.6) is 0 Å². The summed E-state index contributed by atoms with van der Waals surface area (Å²) in [5.41, 5.74) is 1.99. The van der Waals surface area contributed by atoms with Crippen molar-refractivity contribution in [2.75, 3.05) is 6.54 Å². The molecular formula is C35H34F6N2O4. The third-order valence-corrected chi connectivity index (χ3v) is 8.98. The van der Waals surface area contributed by atoms with Gasteiger partial charge in [0.15, 0.2) is 0 Å². The molecule has 2 atom stereocenters. The van der Waals surface area contributed by atoms with E-state index in [4.69, 9.17) is 4.74 Å². The molecule has 1 aromatic heterocycles. The van der Waals surface area contributed by atoms with Crippen LogP contribution in [0, 0.1) is 12.3 Å². The van der Waals surface area contributed by atoms with Crippen LogP contribution in [0.15, 0.2) is 65.9 Å². The molecule has 12 heteroatoms. The molecule has 1 aliphatic heterocycles. The van der Waals surface area contributed by atoms with Crippen molar-refractivity contribution >= 4 is 12.1 Å². The highest BCUT2D eigenvalue weighted by Crippen LogP contribution is 2.44. The maximum Gasteiger partial charge on any atom is 0.416 e. The minimum Gasteiger partial charge on any atom is -0.478 e. The topological polar surface area (TPSA) is 79.7 Å². The van der Waals surface area contributed by atoms with E-state index < -0.39 is 47.7 Å². The average molecular weight is 661 g/mol. The number of allylic oxidation sites excluding steroid dienone is 1. The molecule has 1 aliphatic carbocycles. The van der Waals surface area contributed by atoms with Crippen molar-refractivity contribution in [3.05, 3.63) is 99.3 Å². The number of ether oxygens (including phenoxy) is 1. The van der Waals surface area contributed by atoms with Crippen LogP contribution in [0.1, 0.15) is 84.3 Å². The van der Waals surface area contributed by atoms with E-state index in [-0.39, 0.29) is 29.2 Å². The van der Waals surface area contributed by atoms with Gasteiger partial charge in [-0.3, -0.25) is 9.88 Å². The zero-order valence-electron chi connectivity index (χ0n) is 26.2. The van der Waals surface area contributed by atoms with E-state index in [1.807, 2.05) is 19.1 Å². The molecule has 6 nitrogen and oxygen atoms in total. The molecular weight excluding hydrogens is 626 g/mol. The summed E-state index contributed by atoms with van der Waals surface area (Å²) in [7, 11) is 0. The van der Waals surface area contributed by atoms with Crippen molar-refractivity contribution in [1.29, 1.82) is 0 Å². The Labute approximate surface area is 268 Å². The van der Waals surface area contributed by atoms with E-state index in [0.29, 0.717) is 30.7 Å². The third-order valence-electron chi connectivity index (χ3n) is 8.98. The summed E-state index contributed by atoms with van der Waals surface area (Å²) in [6, 6.07) is 9.08. The quantitative estimate of drug-likeness (QED) is 0.202. The number of carboxylic acid groups (broad SMARTS) is 1. The van der Waals surface area contributed by atoms with E-state index in [2.05, 4.69) is 18.8 Å². The molecule has 0 spiro atoms. The van der Waals surface area contributed by atoms with E-state index in [1.54, 1.807) is 25.3 Å². The number of halogens is 6. The van der Waals surface area contributed by atoms with Gasteiger partial charge in [0.2, 0.25) is 0 Å². The molecule has 0 bridgehead atoms. The van der Waals surface area contributed by atoms with Crippen LogP contribution in [-0.2, 0) is 23.5 Å². The summed E-state index contributed by atoms with van der Waals surface area (Å²) in [4.78, 5) is 30.4. The van der Waals surface area contributed by atoms with Gasteiger partial charge in [0.1, 0.15) is 6.10 Å². The Balaban J connectivity index is 1.44. The number of rotatable bonds is 7. The van der Waals surface area contributed by atoms with Gasteiger partial charge in [-0.05, 0) is 104 Å². The summed E-state index contributed by atoms with van der Waals surface area (Å²) in [5, 5.41) is 9.31. The zero-order valence-corrected chi connectivity index (χ0v) is 26.2. The van der Waals surface area contributed by atoms with Crippen LogP contribution in [-0.4, -0.2) is 39.6 Å². The number of nitrogens with zero attached hydrogens (tertiary/aromatic N) is 2. The number of cyclic esters (lactones) is 1. The van der Waals surface area contributed by atoms with Crippen LogP contribution in [0.25, 0.3) is 11.3 Å². The normalized spacial score (nSPS) is 20.0. The SMILES string of the molecule is Cc1cc(C(=O)O)ccc1-c1cc(CC2=C(CN3C(=O)O[C@H](c4cc(C(F)(F)F)cc(C(F)(F)F)c4)[C@@H]3C)CC(C)(C)CC2)ccn1. The second-order valence-electron chi connectivity index (χ2n) is 13.1. The first-order valence-electron chi connectivity index (χ1n) is 15.1. The van der Waals surface area contributed by atoms with Crippen molar-refractivity contribution in [3.63, 3.8) is 0 Å². The lowest BCUT2D eigenvalue weighted by molar-refractivity contribution is -0.143. The average Bonchev–Trinajstić information content (AvgIpc) is 3.25. The van der Waals surface area contributed by atoms with E-state index in [9.17, 15) is 41.0 Å². The minimum absolute atomic E-state index is 0.0564. The molecule has 0 unspecified atom stereocenters. The van der Waals surface area contributed by atoms with Gasteiger partial charge in [0.05, 0.1) is 28.4 Å². The van der Waals surface area contributed by atoms with Gasteiger partial charge >= 0.3 is 24.4 Å². The van der Waals surface area contributed by atoms with Crippen LogP contribution >= 0.6 is 0 Å². The van der Waals surface area contributed by atoms with Crippen molar-refractivity contribution in [3.8, 4) is 11.3 Å². The lowest BCUT2D eigenvalue weighted by atomic mass is 9.73. The highest BCUT2D eigenvalue weighted by Gasteiger charge is 2.44. The minimum atomic E-state index is -5.03. The molecule has 5 rings (SSSR count). The van der Waals surface area contributed by atoms with Gasteiger partial charge in [-0.15, -0.1) is 0 Å². The van der Waals surface area contributed by atoms with Gasteiger partial charge in [0, 0.05) is 18.3 Å². The van der Waals surface area contributed by atoms with Crippen molar-refractivity contribution in [2.45, 2.75) is 77.9 Å². The molecule has 47 heavy (non-hydrogen) atoms. The summed E-state index contributed by atoms with van der Waals surface area (Å²) >= 11 is 0. The Morgan fingerprint density at radius 2 is 1.66 bits per heavy atom. The number of hydrogen-bond acceptors (Lipinski definition) is 4. The number of aromatic nitrogens is 1. The number of aromatic carboxylic acids is 1. The highest BCUT2D eigenvalue weighted by atomic mass is 19.4. The number of alkyl halides is 6. The first kappa shape index (κ1) is 34.0. The summed E-state index contributed by atoms with van der Waals surface area (Å²) in [6.45, 7) is 7.70. The lowest BCUT2D eigenvalue weighted by Crippen LogP contribution is -2.36. The molecule has 1 amide bonds. The number of pyridine rings is 1.